The van der Waals surface area contributed by atoms with Gasteiger partial charge in [0.25, 0.3) is 0 Å². The topological polar surface area (TPSA) is 78.9 Å². The molecule has 1 aromatic rings. The molecule has 0 radical (unpaired) electrons. The van der Waals surface area contributed by atoms with Crippen LogP contribution in [0.25, 0.3) is 0 Å². The van der Waals surface area contributed by atoms with Gasteiger partial charge in [0.15, 0.2) is 5.78 Å². The molecule has 32 heavy (non-hydrogen) atoms. The Kier molecular flexibility index (Phi) is 4.22. The van der Waals surface area contributed by atoms with Crippen LogP contribution in [0.5, 0.6) is 0 Å². The first kappa shape index (κ1) is 20.9. The Hall–Kier alpha value is -1.67. The quantitative estimate of drug-likeness (QED) is 0.744. The standard InChI is InChI=1S/C27H37N3O2/c1-17-26-9-6-19-20-4-5-22(23(31)15-30-14-18(12-28)13-29-30)25(20,3)8-7-21(19)27(17,26)11-10-24(2,32)16-26/h13-14,17,19-22,32H,4-11,15-16H2,1-3H3/t17?,19-,20-,21-,22+,24+,25-,26+,27-/m0/s1. The lowest BCUT2D eigenvalue weighted by Gasteiger charge is -2.56. The Balaban J connectivity index is 1.23. The maximum atomic E-state index is 13.4. The molecule has 1 heterocycles. The van der Waals surface area contributed by atoms with Crippen LogP contribution in [0.1, 0.15) is 84.1 Å². The first-order chi connectivity index (χ1) is 15.2. The number of ketones is 1. The molecule has 6 rings (SSSR count). The zero-order valence-electron chi connectivity index (χ0n) is 19.8. The van der Waals surface area contributed by atoms with E-state index in [4.69, 9.17) is 5.26 Å². The van der Waals surface area contributed by atoms with E-state index in [9.17, 15) is 9.90 Å². The number of fused-ring (bicyclic) bond motifs is 3. The molecule has 1 unspecified atom stereocenters. The van der Waals surface area contributed by atoms with Crippen LogP contribution in [0, 0.1) is 57.2 Å². The largest absolute Gasteiger partial charge is 0.390 e. The fourth-order valence-electron chi connectivity index (χ4n) is 10.4. The van der Waals surface area contributed by atoms with Crippen LogP contribution in [0.4, 0.5) is 0 Å². The minimum absolute atomic E-state index is 0.110. The molecule has 5 fully saturated rings. The van der Waals surface area contributed by atoms with Gasteiger partial charge in [0.05, 0.1) is 23.9 Å². The van der Waals surface area contributed by atoms with Crippen molar-refractivity contribution in [2.75, 3.05) is 0 Å². The molecule has 0 aliphatic heterocycles. The molecule has 0 bridgehead atoms. The van der Waals surface area contributed by atoms with Gasteiger partial charge < -0.3 is 5.11 Å². The molecule has 5 saturated carbocycles. The van der Waals surface area contributed by atoms with Crippen LogP contribution < -0.4 is 0 Å². The minimum atomic E-state index is -0.479. The lowest BCUT2D eigenvalue weighted by Crippen LogP contribution is -2.51. The Labute approximate surface area is 191 Å². The monoisotopic (exact) mass is 435 g/mol. The van der Waals surface area contributed by atoms with Crippen molar-refractivity contribution >= 4 is 5.78 Å². The average Bonchev–Trinajstić information content (AvgIpc) is 3.09. The first-order valence-electron chi connectivity index (χ1n) is 12.8. The van der Waals surface area contributed by atoms with Gasteiger partial charge in [-0.3, -0.25) is 9.48 Å². The van der Waals surface area contributed by atoms with Crippen molar-refractivity contribution < 1.29 is 9.90 Å². The number of Topliss-reactive ketones (excluding diaryl/α,β-unsaturated/α-hetero) is 1. The predicted molar refractivity (Wildman–Crippen MR) is 120 cm³/mol. The number of hydrogen-bond donors (Lipinski definition) is 1. The van der Waals surface area contributed by atoms with E-state index in [1.807, 2.05) is 0 Å². The highest BCUT2D eigenvalue weighted by Crippen LogP contribution is 2.86. The van der Waals surface area contributed by atoms with Crippen LogP contribution >= 0.6 is 0 Å². The number of nitrogens with zero attached hydrogens (tertiary/aromatic N) is 3. The summed E-state index contributed by atoms with van der Waals surface area (Å²) in [4.78, 5) is 13.4. The van der Waals surface area contributed by atoms with E-state index >= 15 is 0 Å². The number of hydrogen-bond acceptors (Lipinski definition) is 4. The van der Waals surface area contributed by atoms with Crippen LogP contribution in [0.15, 0.2) is 12.4 Å². The van der Waals surface area contributed by atoms with Crippen molar-refractivity contribution in [1.29, 1.82) is 5.26 Å². The van der Waals surface area contributed by atoms with Crippen molar-refractivity contribution in [3.8, 4) is 6.07 Å². The smallest absolute Gasteiger partial charge is 0.157 e. The average molecular weight is 436 g/mol. The Morgan fingerprint density at radius 2 is 2.00 bits per heavy atom. The Morgan fingerprint density at radius 3 is 2.75 bits per heavy atom. The van der Waals surface area contributed by atoms with Crippen LogP contribution in [-0.2, 0) is 11.3 Å². The number of nitriles is 1. The number of rotatable bonds is 3. The highest BCUT2D eigenvalue weighted by molar-refractivity contribution is 5.82. The summed E-state index contributed by atoms with van der Waals surface area (Å²) >= 11 is 0. The summed E-state index contributed by atoms with van der Waals surface area (Å²) in [5, 5.41) is 24.2. The van der Waals surface area contributed by atoms with Gasteiger partial charge >= 0.3 is 0 Å². The second-order valence-electron chi connectivity index (χ2n) is 12.7. The van der Waals surface area contributed by atoms with Gasteiger partial charge in [0.2, 0.25) is 0 Å². The van der Waals surface area contributed by atoms with E-state index in [2.05, 4.69) is 31.9 Å². The summed E-state index contributed by atoms with van der Waals surface area (Å²) in [6.07, 6.45) is 13.6. The molecule has 1 aromatic heterocycles. The van der Waals surface area contributed by atoms with E-state index in [1.54, 1.807) is 17.1 Å². The SMILES string of the molecule is CC1[C@]23CC[C@H]4[C@@H]5CC[C@H](C(=O)Cn6cc(C#N)cn6)[C@@]5(C)CC[C@@H]4[C@]12CC[C@@](C)(O)C3. The highest BCUT2D eigenvalue weighted by Gasteiger charge is 2.81. The van der Waals surface area contributed by atoms with Gasteiger partial charge in [-0.05, 0) is 105 Å². The molecule has 0 saturated heterocycles. The third kappa shape index (κ3) is 2.48. The fourth-order valence-corrected chi connectivity index (χ4v) is 10.4. The Bertz CT molecular complexity index is 1010. The van der Waals surface area contributed by atoms with Gasteiger partial charge in [-0.2, -0.15) is 10.4 Å². The summed E-state index contributed by atoms with van der Waals surface area (Å²) in [6.45, 7) is 7.25. The molecule has 5 aliphatic rings. The van der Waals surface area contributed by atoms with Gasteiger partial charge in [-0.1, -0.05) is 13.8 Å². The summed E-state index contributed by atoms with van der Waals surface area (Å²) in [7, 11) is 0. The van der Waals surface area contributed by atoms with Gasteiger partial charge in [0, 0.05) is 12.1 Å². The molecule has 9 atom stereocenters. The molecule has 0 aromatic carbocycles. The third-order valence-corrected chi connectivity index (χ3v) is 11.7. The lowest BCUT2D eigenvalue weighted by atomic mass is 9.48. The summed E-state index contributed by atoms with van der Waals surface area (Å²) in [5.41, 5.74) is 0.995. The van der Waals surface area contributed by atoms with Gasteiger partial charge in [-0.15, -0.1) is 0 Å². The van der Waals surface area contributed by atoms with E-state index in [1.165, 1.54) is 38.5 Å². The lowest BCUT2D eigenvalue weighted by molar-refractivity contribution is -0.133. The molecule has 0 spiro atoms. The highest BCUT2D eigenvalue weighted by atomic mass is 16.3. The summed E-state index contributed by atoms with van der Waals surface area (Å²) < 4.78 is 1.65. The molecule has 1 N–H and O–H groups in total. The predicted octanol–water partition coefficient (Wildman–Crippen LogP) is 4.73. The second-order valence-corrected chi connectivity index (χ2v) is 12.7. The number of aliphatic hydroxyl groups is 1. The van der Waals surface area contributed by atoms with Crippen molar-refractivity contribution in [2.24, 2.45) is 45.8 Å². The Morgan fingerprint density at radius 1 is 1.19 bits per heavy atom. The molecule has 0 amide bonds. The third-order valence-electron chi connectivity index (χ3n) is 11.7. The molecule has 5 heteroatoms. The van der Waals surface area contributed by atoms with Crippen molar-refractivity contribution in [3.63, 3.8) is 0 Å². The summed E-state index contributed by atoms with van der Waals surface area (Å²) in [5.74, 6) is 3.37. The minimum Gasteiger partial charge on any atom is -0.390 e. The van der Waals surface area contributed by atoms with Gasteiger partial charge in [0.1, 0.15) is 6.07 Å². The van der Waals surface area contributed by atoms with Crippen LogP contribution in [0.2, 0.25) is 0 Å². The van der Waals surface area contributed by atoms with E-state index in [-0.39, 0.29) is 11.3 Å². The maximum absolute atomic E-state index is 13.4. The zero-order chi connectivity index (χ0) is 22.5. The normalized spacial score (nSPS) is 51.0. The van der Waals surface area contributed by atoms with Crippen molar-refractivity contribution in [3.05, 3.63) is 18.0 Å². The van der Waals surface area contributed by atoms with Crippen molar-refractivity contribution in [2.45, 2.75) is 90.7 Å². The van der Waals surface area contributed by atoms with Crippen LogP contribution in [0.3, 0.4) is 0 Å². The summed E-state index contributed by atoms with van der Waals surface area (Å²) in [6, 6.07) is 2.10. The molecular weight excluding hydrogens is 398 g/mol. The van der Waals surface area contributed by atoms with Crippen LogP contribution in [-0.4, -0.2) is 26.3 Å². The van der Waals surface area contributed by atoms with Gasteiger partial charge in [-0.25, -0.2) is 0 Å². The fraction of sp³-hybridized carbons (Fsp3) is 0.815. The zero-order valence-corrected chi connectivity index (χ0v) is 19.8. The number of aromatic nitrogens is 2. The van der Waals surface area contributed by atoms with Crippen molar-refractivity contribution in [1.82, 2.24) is 9.78 Å². The van der Waals surface area contributed by atoms with E-state index < -0.39 is 5.60 Å². The molecule has 5 nitrogen and oxygen atoms in total. The second kappa shape index (κ2) is 6.47. The molecule has 5 aliphatic carbocycles. The molecule has 172 valence electrons. The first-order valence-corrected chi connectivity index (χ1v) is 12.8. The van der Waals surface area contributed by atoms with E-state index in [0.717, 1.165) is 37.0 Å². The molecular formula is C27H37N3O2. The van der Waals surface area contributed by atoms with E-state index in [0.29, 0.717) is 34.6 Å². The number of carbonyl (C=O) groups is 1. The number of carbonyl (C=O) groups excluding carboxylic acids is 1. The maximum Gasteiger partial charge on any atom is 0.157 e.